The molecule has 98 valence electrons. The first-order valence-electron chi connectivity index (χ1n) is 6.07. The van der Waals surface area contributed by atoms with Crippen molar-refractivity contribution < 1.29 is 4.79 Å². The number of hydrogen-bond donors (Lipinski definition) is 2. The number of benzene rings is 1. The Bertz CT molecular complexity index is 428. The van der Waals surface area contributed by atoms with E-state index in [-0.39, 0.29) is 5.91 Å². The Balaban J connectivity index is 2.36. The standard InChI is InChI=1S/C13H18IN3O/c1-13(12(15)18,17-8-6-16-7-9-17)10-2-4-11(14)5-3-10/h2-5,16H,6-9H2,1H3,(H2,15,18). The van der Waals surface area contributed by atoms with Gasteiger partial charge in [-0.05, 0) is 47.2 Å². The summed E-state index contributed by atoms with van der Waals surface area (Å²) in [7, 11) is 0. The number of amides is 1. The van der Waals surface area contributed by atoms with Crippen molar-refractivity contribution in [2.75, 3.05) is 26.2 Å². The zero-order valence-corrected chi connectivity index (χ0v) is 12.6. The average molecular weight is 359 g/mol. The normalized spacial score (nSPS) is 20.3. The molecule has 0 aromatic heterocycles. The van der Waals surface area contributed by atoms with Crippen LogP contribution in [0.3, 0.4) is 0 Å². The molecule has 1 heterocycles. The molecule has 0 bridgehead atoms. The number of nitrogens with one attached hydrogen (secondary N) is 1. The summed E-state index contributed by atoms with van der Waals surface area (Å²) >= 11 is 2.26. The van der Waals surface area contributed by atoms with E-state index in [9.17, 15) is 4.79 Å². The van der Waals surface area contributed by atoms with E-state index in [0.717, 1.165) is 35.3 Å². The van der Waals surface area contributed by atoms with Crippen LogP contribution in [0, 0.1) is 3.57 Å². The second-order valence-electron chi connectivity index (χ2n) is 4.68. The van der Waals surface area contributed by atoms with E-state index in [1.165, 1.54) is 0 Å². The molecule has 1 saturated heterocycles. The fraction of sp³-hybridized carbons (Fsp3) is 0.462. The third-order valence-corrected chi connectivity index (χ3v) is 4.35. The summed E-state index contributed by atoms with van der Waals surface area (Å²) in [5.74, 6) is -0.286. The highest BCUT2D eigenvalue weighted by molar-refractivity contribution is 14.1. The van der Waals surface area contributed by atoms with Crippen LogP contribution < -0.4 is 11.1 Å². The molecule has 18 heavy (non-hydrogen) atoms. The van der Waals surface area contributed by atoms with Crippen molar-refractivity contribution in [1.82, 2.24) is 10.2 Å². The van der Waals surface area contributed by atoms with Gasteiger partial charge >= 0.3 is 0 Å². The second-order valence-corrected chi connectivity index (χ2v) is 5.93. The van der Waals surface area contributed by atoms with E-state index in [1.807, 2.05) is 31.2 Å². The number of rotatable bonds is 3. The maximum absolute atomic E-state index is 12.0. The van der Waals surface area contributed by atoms with Crippen LogP contribution in [0.1, 0.15) is 12.5 Å². The van der Waals surface area contributed by atoms with E-state index < -0.39 is 5.54 Å². The molecule has 2 rings (SSSR count). The molecular weight excluding hydrogens is 341 g/mol. The minimum Gasteiger partial charge on any atom is -0.368 e. The van der Waals surface area contributed by atoms with Crippen LogP contribution in [0.25, 0.3) is 0 Å². The van der Waals surface area contributed by atoms with Gasteiger partial charge in [-0.1, -0.05) is 12.1 Å². The Hall–Kier alpha value is -0.660. The van der Waals surface area contributed by atoms with Crippen LogP contribution in [0.15, 0.2) is 24.3 Å². The summed E-state index contributed by atoms with van der Waals surface area (Å²) in [4.78, 5) is 14.1. The van der Waals surface area contributed by atoms with E-state index in [1.54, 1.807) is 0 Å². The number of nitrogens with two attached hydrogens (primary N) is 1. The van der Waals surface area contributed by atoms with Gasteiger partial charge in [-0.2, -0.15) is 0 Å². The summed E-state index contributed by atoms with van der Waals surface area (Å²) in [6.45, 7) is 5.39. The van der Waals surface area contributed by atoms with Crippen LogP contribution in [0.5, 0.6) is 0 Å². The van der Waals surface area contributed by atoms with Gasteiger partial charge in [0.25, 0.3) is 0 Å². The SMILES string of the molecule is CC(C(N)=O)(c1ccc(I)cc1)N1CCNCC1. The predicted octanol–water partition coefficient (Wildman–Crippen LogP) is 0.897. The number of piperazine rings is 1. The summed E-state index contributed by atoms with van der Waals surface area (Å²) in [6.07, 6.45) is 0. The lowest BCUT2D eigenvalue weighted by Gasteiger charge is -2.41. The van der Waals surface area contributed by atoms with E-state index in [4.69, 9.17) is 5.73 Å². The highest BCUT2D eigenvalue weighted by atomic mass is 127. The number of primary amides is 1. The van der Waals surface area contributed by atoms with Gasteiger partial charge in [0.05, 0.1) is 0 Å². The van der Waals surface area contributed by atoms with Crippen LogP contribution in [-0.4, -0.2) is 37.0 Å². The van der Waals surface area contributed by atoms with Gasteiger partial charge in [0.15, 0.2) is 0 Å². The van der Waals surface area contributed by atoms with Gasteiger partial charge in [-0.15, -0.1) is 0 Å². The summed E-state index contributed by atoms with van der Waals surface area (Å²) in [5.41, 5.74) is 5.92. The van der Waals surface area contributed by atoms with Crippen molar-refractivity contribution in [3.05, 3.63) is 33.4 Å². The molecule has 1 aromatic rings. The number of carbonyl (C=O) groups excluding carboxylic acids is 1. The minimum absolute atomic E-state index is 0.286. The average Bonchev–Trinajstić information content (AvgIpc) is 2.39. The van der Waals surface area contributed by atoms with Gasteiger partial charge in [0.1, 0.15) is 5.54 Å². The molecule has 1 aromatic carbocycles. The first-order valence-corrected chi connectivity index (χ1v) is 7.15. The molecule has 0 saturated carbocycles. The van der Waals surface area contributed by atoms with Gasteiger partial charge in [-0.25, -0.2) is 0 Å². The van der Waals surface area contributed by atoms with Crippen LogP contribution in [0.4, 0.5) is 0 Å². The molecular formula is C13H18IN3O. The monoisotopic (exact) mass is 359 g/mol. The second kappa shape index (κ2) is 5.54. The molecule has 1 fully saturated rings. The van der Waals surface area contributed by atoms with Gasteiger partial charge in [-0.3, -0.25) is 9.69 Å². The zero-order valence-electron chi connectivity index (χ0n) is 10.4. The molecule has 5 heteroatoms. The van der Waals surface area contributed by atoms with Crippen molar-refractivity contribution in [2.45, 2.75) is 12.5 Å². The maximum Gasteiger partial charge on any atom is 0.242 e. The smallest absolute Gasteiger partial charge is 0.242 e. The molecule has 4 nitrogen and oxygen atoms in total. The predicted molar refractivity (Wildman–Crippen MR) is 80.1 cm³/mol. The summed E-state index contributed by atoms with van der Waals surface area (Å²) in [6, 6.07) is 8.02. The number of hydrogen-bond acceptors (Lipinski definition) is 3. The molecule has 1 unspecified atom stereocenters. The largest absolute Gasteiger partial charge is 0.368 e. The molecule has 3 N–H and O–H groups in total. The highest BCUT2D eigenvalue weighted by Crippen LogP contribution is 2.28. The third-order valence-electron chi connectivity index (χ3n) is 3.64. The van der Waals surface area contributed by atoms with Gasteiger partial charge < -0.3 is 11.1 Å². The fourth-order valence-corrected chi connectivity index (χ4v) is 2.73. The quantitative estimate of drug-likeness (QED) is 0.789. The lowest BCUT2D eigenvalue weighted by atomic mass is 9.88. The van der Waals surface area contributed by atoms with E-state index in [0.29, 0.717) is 0 Å². The first kappa shape index (κ1) is 13.8. The van der Waals surface area contributed by atoms with Crippen LogP contribution in [0.2, 0.25) is 0 Å². The lowest BCUT2D eigenvalue weighted by molar-refractivity contribution is -0.130. The number of halogens is 1. The molecule has 1 amide bonds. The number of nitrogens with zero attached hydrogens (tertiary/aromatic N) is 1. The van der Waals surface area contributed by atoms with Gasteiger partial charge in [0.2, 0.25) is 5.91 Å². The Morgan fingerprint density at radius 1 is 1.33 bits per heavy atom. The Morgan fingerprint density at radius 3 is 2.39 bits per heavy atom. The van der Waals surface area contributed by atoms with Crippen LogP contribution in [-0.2, 0) is 10.3 Å². The molecule has 1 aliphatic rings. The lowest BCUT2D eigenvalue weighted by Crippen LogP contribution is -2.58. The highest BCUT2D eigenvalue weighted by Gasteiger charge is 2.39. The Morgan fingerprint density at radius 2 is 1.89 bits per heavy atom. The molecule has 0 aliphatic carbocycles. The van der Waals surface area contributed by atoms with Crippen LogP contribution >= 0.6 is 22.6 Å². The van der Waals surface area contributed by atoms with Crippen molar-refractivity contribution in [2.24, 2.45) is 5.73 Å². The maximum atomic E-state index is 12.0. The topological polar surface area (TPSA) is 58.4 Å². The fourth-order valence-electron chi connectivity index (χ4n) is 2.37. The van der Waals surface area contributed by atoms with Crippen molar-refractivity contribution in [3.8, 4) is 0 Å². The van der Waals surface area contributed by atoms with Gasteiger partial charge in [0, 0.05) is 29.7 Å². The number of carbonyl (C=O) groups is 1. The molecule has 1 atom stereocenters. The molecule has 0 spiro atoms. The summed E-state index contributed by atoms with van der Waals surface area (Å²) in [5, 5.41) is 3.29. The Kier molecular flexibility index (Phi) is 4.24. The first-order chi connectivity index (χ1) is 8.55. The Labute approximate surface area is 121 Å². The minimum atomic E-state index is -0.716. The summed E-state index contributed by atoms with van der Waals surface area (Å²) < 4.78 is 1.16. The molecule has 0 radical (unpaired) electrons. The van der Waals surface area contributed by atoms with E-state index >= 15 is 0 Å². The van der Waals surface area contributed by atoms with Crippen molar-refractivity contribution in [1.29, 1.82) is 0 Å². The van der Waals surface area contributed by atoms with E-state index in [2.05, 4.69) is 32.8 Å². The third kappa shape index (κ3) is 2.53. The van der Waals surface area contributed by atoms with Crippen molar-refractivity contribution in [3.63, 3.8) is 0 Å². The molecule has 1 aliphatic heterocycles. The van der Waals surface area contributed by atoms with Crippen molar-refractivity contribution >= 4 is 28.5 Å². The zero-order chi connectivity index (χ0) is 13.2.